The van der Waals surface area contributed by atoms with Crippen LogP contribution in [0.4, 0.5) is 0 Å². The third kappa shape index (κ3) is 4.11. The Morgan fingerprint density at radius 3 is 1.41 bits per heavy atom. The number of rotatable bonds is 4. The molecule has 0 aliphatic rings. The van der Waals surface area contributed by atoms with Gasteiger partial charge in [0, 0.05) is 53.2 Å². The minimum Gasteiger partial charge on any atom is -0.235 e. The summed E-state index contributed by atoms with van der Waals surface area (Å²) in [6.45, 7) is 0. The number of nitrogens with zero attached hydrogens (tertiary/aromatic N) is 4. The summed E-state index contributed by atoms with van der Waals surface area (Å²) in [6, 6.07) is 46.0. The van der Waals surface area contributed by atoms with Crippen molar-refractivity contribution in [1.29, 1.82) is 0 Å². The van der Waals surface area contributed by atoms with Crippen LogP contribution >= 0.6 is 22.7 Å². The molecular weight excluding hydrogens is 577 g/mol. The van der Waals surface area contributed by atoms with Gasteiger partial charge in [0.05, 0.1) is 10.4 Å². The molecule has 9 aromatic rings. The van der Waals surface area contributed by atoms with E-state index in [0.29, 0.717) is 17.5 Å². The van der Waals surface area contributed by atoms with Gasteiger partial charge in [-0.15, -0.1) is 22.7 Å². The van der Waals surface area contributed by atoms with Crippen molar-refractivity contribution >= 4 is 63.1 Å². The Morgan fingerprint density at radius 2 is 0.818 bits per heavy atom. The Labute approximate surface area is 261 Å². The molecular formula is C38H22N4S2. The summed E-state index contributed by atoms with van der Waals surface area (Å²) in [5.41, 5.74) is 4.93. The van der Waals surface area contributed by atoms with Gasteiger partial charge in [-0.3, -0.25) is 0 Å². The van der Waals surface area contributed by atoms with E-state index in [1.54, 1.807) is 11.3 Å². The molecule has 4 aromatic heterocycles. The number of aromatic nitrogens is 4. The highest BCUT2D eigenvalue weighted by molar-refractivity contribution is 7.28. The fraction of sp³-hybridized carbons (Fsp3) is 0. The molecule has 4 nitrogen and oxygen atoms in total. The van der Waals surface area contributed by atoms with Gasteiger partial charge in [0.15, 0.2) is 17.5 Å². The lowest BCUT2D eigenvalue weighted by atomic mass is 10.0. The standard InChI is InChI=1S/C38H22N4S2/c1-3-11-24(12-4-1)35-40-36(25-13-5-2-6-14-25)42-37(41-35)26-21-19-23(20-22-26)33-34-31(27-15-7-9-17-29(27)43-34)32-28-16-8-10-18-30(28)44-38(32)39-33/h1-22H. The lowest BCUT2D eigenvalue weighted by Crippen LogP contribution is -2.00. The van der Waals surface area contributed by atoms with Crippen molar-refractivity contribution in [3.05, 3.63) is 133 Å². The van der Waals surface area contributed by atoms with E-state index < -0.39 is 0 Å². The molecule has 0 saturated carbocycles. The third-order valence-corrected chi connectivity index (χ3v) is 10.2. The van der Waals surface area contributed by atoms with Crippen molar-refractivity contribution in [2.75, 3.05) is 0 Å². The molecule has 4 heterocycles. The SMILES string of the molecule is c1ccc(-c2nc(-c3ccccc3)nc(-c3ccc(-c4nc5sc6ccccc6c5c5c4sc4ccccc45)cc3)n2)cc1. The summed E-state index contributed by atoms with van der Waals surface area (Å²) in [5.74, 6) is 1.95. The zero-order valence-electron chi connectivity index (χ0n) is 23.3. The van der Waals surface area contributed by atoms with Gasteiger partial charge in [-0.1, -0.05) is 121 Å². The van der Waals surface area contributed by atoms with Crippen molar-refractivity contribution in [2.24, 2.45) is 0 Å². The average Bonchev–Trinajstić information content (AvgIpc) is 3.67. The van der Waals surface area contributed by atoms with Crippen molar-refractivity contribution in [3.63, 3.8) is 0 Å². The molecule has 5 aromatic carbocycles. The fourth-order valence-corrected chi connectivity index (χ4v) is 8.18. The monoisotopic (exact) mass is 598 g/mol. The normalized spacial score (nSPS) is 11.6. The predicted octanol–water partition coefficient (Wildman–Crippen LogP) is 10.7. The average molecular weight is 599 g/mol. The molecule has 44 heavy (non-hydrogen) atoms. The van der Waals surface area contributed by atoms with Crippen LogP contribution in [0.1, 0.15) is 0 Å². The van der Waals surface area contributed by atoms with Crippen molar-refractivity contribution in [3.8, 4) is 45.4 Å². The van der Waals surface area contributed by atoms with Crippen LogP contribution in [-0.4, -0.2) is 19.9 Å². The topological polar surface area (TPSA) is 51.6 Å². The second-order valence-corrected chi connectivity index (χ2v) is 12.7. The van der Waals surface area contributed by atoms with Gasteiger partial charge >= 0.3 is 0 Å². The fourth-order valence-electron chi connectivity index (χ4n) is 5.88. The number of hydrogen-bond donors (Lipinski definition) is 0. The van der Waals surface area contributed by atoms with Crippen LogP contribution in [-0.2, 0) is 0 Å². The van der Waals surface area contributed by atoms with Crippen LogP contribution in [0.5, 0.6) is 0 Å². The van der Waals surface area contributed by atoms with Gasteiger partial charge in [-0.25, -0.2) is 19.9 Å². The first-order chi connectivity index (χ1) is 21.8. The number of thiophene rings is 2. The molecule has 9 rings (SSSR count). The van der Waals surface area contributed by atoms with E-state index in [-0.39, 0.29) is 0 Å². The second-order valence-electron chi connectivity index (χ2n) is 10.7. The number of fused-ring (bicyclic) bond motifs is 7. The van der Waals surface area contributed by atoms with E-state index in [1.807, 2.05) is 72.0 Å². The summed E-state index contributed by atoms with van der Waals surface area (Å²) < 4.78 is 3.75. The molecule has 0 fully saturated rings. The van der Waals surface area contributed by atoms with Gasteiger partial charge < -0.3 is 0 Å². The lowest BCUT2D eigenvalue weighted by molar-refractivity contribution is 1.07. The van der Waals surface area contributed by atoms with Gasteiger partial charge in [-0.05, 0) is 12.1 Å². The van der Waals surface area contributed by atoms with Gasteiger partial charge in [0.1, 0.15) is 4.83 Å². The van der Waals surface area contributed by atoms with Crippen LogP contribution in [0.2, 0.25) is 0 Å². The summed E-state index contributed by atoms with van der Waals surface area (Å²) in [7, 11) is 0. The van der Waals surface area contributed by atoms with Crippen molar-refractivity contribution < 1.29 is 0 Å². The van der Waals surface area contributed by atoms with E-state index in [1.165, 1.54) is 35.6 Å². The van der Waals surface area contributed by atoms with Gasteiger partial charge in [0.25, 0.3) is 0 Å². The molecule has 206 valence electrons. The predicted molar refractivity (Wildman–Crippen MR) is 185 cm³/mol. The molecule has 0 spiro atoms. The van der Waals surface area contributed by atoms with E-state index >= 15 is 0 Å². The first kappa shape index (κ1) is 25.2. The number of hydrogen-bond acceptors (Lipinski definition) is 6. The molecule has 0 unspecified atom stereocenters. The summed E-state index contributed by atoms with van der Waals surface area (Å²) in [4.78, 5) is 21.0. The van der Waals surface area contributed by atoms with Crippen LogP contribution < -0.4 is 0 Å². The van der Waals surface area contributed by atoms with Gasteiger partial charge in [-0.2, -0.15) is 0 Å². The third-order valence-electron chi connectivity index (χ3n) is 7.97. The molecule has 0 atom stereocenters. The molecule has 0 amide bonds. The second kappa shape index (κ2) is 10.2. The summed E-state index contributed by atoms with van der Waals surface area (Å²) in [6.07, 6.45) is 0. The van der Waals surface area contributed by atoms with E-state index in [2.05, 4.69) is 72.8 Å². The Morgan fingerprint density at radius 1 is 0.364 bits per heavy atom. The maximum atomic E-state index is 5.30. The molecule has 0 aliphatic heterocycles. The highest BCUT2D eigenvalue weighted by Crippen LogP contribution is 2.47. The highest BCUT2D eigenvalue weighted by Gasteiger charge is 2.20. The molecule has 0 saturated heterocycles. The summed E-state index contributed by atoms with van der Waals surface area (Å²) >= 11 is 3.58. The highest BCUT2D eigenvalue weighted by atomic mass is 32.1. The quantitative estimate of drug-likeness (QED) is 0.202. The Balaban J connectivity index is 1.22. The van der Waals surface area contributed by atoms with E-state index in [0.717, 1.165) is 32.8 Å². The smallest absolute Gasteiger partial charge is 0.164 e. The Hall–Kier alpha value is -5.30. The molecule has 0 radical (unpaired) electrons. The lowest BCUT2D eigenvalue weighted by Gasteiger charge is -2.09. The molecule has 0 bridgehead atoms. The van der Waals surface area contributed by atoms with Gasteiger partial charge in [0.2, 0.25) is 0 Å². The minimum absolute atomic E-state index is 0.643. The first-order valence-corrected chi connectivity index (χ1v) is 16.0. The maximum Gasteiger partial charge on any atom is 0.164 e. The molecule has 0 N–H and O–H groups in total. The van der Waals surface area contributed by atoms with Crippen molar-refractivity contribution in [2.45, 2.75) is 0 Å². The van der Waals surface area contributed by atoms with Crippen LogP contribution in [0.25, 0.3) is 85.9 Å². The molecule has 6 heteroatoms. The Bertz CT molecular complexity index is 2420. The Kier molecular flexibility index (Phi) is 5.82. The molecule has 0 aliphatic carbocycles. The van der Waals surface area contributed by atoms with Crippen molar-refractivity contribution in [1.82, 2.24) is 19.9 Å². The van der Waals surface area contributed by atoms with Crippen LogP contribution in [0.3, 0.4) is 0 Å². The number of pyridine rings is 1. The minimum atomic E-state index is 0.643. The largest absolute Gasteiger partial charge is 0.235 e. The van der Waals surface area contributed by atoms with E-state index in [9.17, 15) is 0 Å². The zero-order chi connectivity index (χ0) is 29.0. The van der Waals surface area contributed by atoms with Crippen LogP contribution in [0, 0.1) is 0 Å². The summed E-state index contributed by atoms with van der Waals surface area (Å²) in [5, 5.41) is 5.11. The van der Waals surface area contributed by atoms with E-state index in [4.69, 9.17) is 19.9 Å². The maximum absolute atomic E-state index is 5.30. The first-order valence-electron chi connectivity index (χ1n) is 14.4. The zero-order valence-corrected chi connectivity index (χ0v) is 24.9. The van der Waals surface area contributed by atoms with Crippen LogP contribution in [0.15, 0.2) is 133 Å². The number of benzene rings is 5.